The van der Waals surface area contributed by atoms with Gasteiger partial charge in [0, 0.05) is 45.0 Å². The van der Waals surface area contributed by atoms with Gasteiger partial charge in [-0.05, 0) is 34.7 Å². The third kappa shape index (κ3) is 5.63. The molecule has 5 nitrogen and oxygen atoms in total. The zero-order chi connectivity index (χ0) is 22.3. The molecule has 1 aliphatic heterocycles. The van der Waals surface area contributed by atoms with E-state index in [2.05, 4.69) is 50.2 Å². The zero-order valence-corrected chi connectivity index (χ0v) is 18.4. The molecular weight excluding hydrogens is 432 g/mol. The Morgan fingerprint density at radius 3 is 2.38 bits per heavy atom. The lowest BCUT2D eigenvalue weighted by Crippen LogP contribution is -2.46. The van der Waals surface area contributed by atoms with Gasteiger partial charge < -0.3 is 15.0 Å². The molecule has 1 aliphatic rings. The SMILES string of the molecule is O=C(NCc1ccccc1CN1CCN(c2ccccc2)CC1)c1sccc1OC(F)F. The number of carbonyl (C=O) groups is 1. The minimum absolute atomic E-state index is 0.0907. The Morgan fingerprint density at radius 1 is 0.969 bits per heavy atom. The van der Waals surface area contributed by atoms with Crippen LogP contribution in [0.1, 0.15) is 20.8 Å². The van der Waals surface area contributed by atoms with Gasteiger partial charge in [0.25, 0.3) is 5.91 Å². The summed E-state index contributed by atoms with van der Waals surface area (Å²) >= 11 is 1.08. The summed E-state index contributed by atoms with van der Waals surface area (Å²) in [5.41, 5.74) is 3.41. The summed E-state index contributed by atoms with van der Waals surface area (Å²) in [5.74, 6) is -0.506. The molecule has 32 heavy (non-hydrogen) atoms. The van der Waals surface area contributed by atoms with Crippen molar-refractivity contribution in [2.24, 2.45) is 0 Å². The lowest BCUT2D eigenvalue weighted by atomic mass is 10.1. The normalized spacial score (nSPS) is 14.5. The Balaban J connectivity index is 1.34. The molecule has 1 amide bonds. The highest BCUT2D eigenvalue weighted by atomic mass is 32.1. The Labute approximate surface area is 190 Å². The van der Waals surface area contributed by atoms with E-state index < -0.39 is 12.5 Å². The third-order valence-corrected chi connectivity index (χ3v) is 6.39. The van der Waals surface area contributed by atoms with Crippen LogP contribution in [0.3, 0.4) is 0 Å². The van der Waals surface area contributed by atoms with Crippen LogP contribution >= 0.6 is 11.3 Å². The predicted molar refractivity (Wildman–Crippen MR) is 122 cm³/mol. The second-order valence-corrected chi connectivity index (χ2v) is 8.46. The summed E-state index contributed by atoms with van der Waals surface area (Å²) in [7, 11) is 0. The number of nitrogens with zero attached hydrogens (tertiary/aromatic N) is 2. The van der Waals surface area contributed by atoms with E-state index in [0.29, 0.717) is 6.54 Å². The fourth-order valence-corrected chi connectivity index (χ4v) is 4.57. The first kappa shape index (κ1) is 22.2. The maximum atomic E-state index is 12.5. The van der Waals surface area contributed by atoms with Crippen molar-refractivity contribution in [1.29, 1.82) is 0 Å². The summed E-state index contributed by atoms with van der Waals surface area (Å²) in [6.45, 7) is 2.01. The van der Waals surface area contributed by atoms with Crippen molar-refractivity contribution in [2.45, 2.75) is 19.7 Å². The zero-order valence-electron chi connectivity index (χ0n) is 17.5. The molecular formula is C24H25F2N3O2S. The van der Waals surface area contributed by atoms with Gasteiger partial charge in [-0.1, -0.05) is 42.5 Å². The summed E-state index contributed by atoms with van der Waals surface area (Å²) < 4.78 is 29.5. The fraction of sp³-hybridized carbons (Fsp3) is 0.292. The number of ether oxygens (including phenoxy) is 1. The van der Waals surface area contributed by atoms with Crippen LogP contribution in [0.25, 0.3) is 0 Å². The van der Waals surface area contributed by atoms with Gasteiger partial charge in [-0.3, -0.25) is 9.69 Å². The van der Waals surface area contributed by atoms with Crippen LogP contribution in [-0.4, -0.2) is 43.6 Å². The van der Waals surface area contributed by atoms with Gasteiger partial charge in [-0.2, -0.15) is 8.78 Å². The predicted octanol–water partition coefficient (Wildman–Crippen LogP) is 4.60. The van der Waals surface area contributed by atoms with Gasteiger partial charge in [0.1, 0.15) is 10.6 Å². The van der Waals surface area contributed by atoms with E-state index in [1.165, 1.54) is 11.8 Å². The van der Waals surface area contributed by atoms with E-state index in [0.717, 1.165) is 55.2 Å². The number of nitrogens with one attached hydrogen (secondary N) is 1. The largest absolute Gasteiger partial charge is 0.433 e. The topological polar surface area (TPSA) is 44.8 Å². The molecule has 0 saturated carbocycles. The Hall–Kier alpha value is -2.97. The van der Waals surface area contributed by atoms with Crippen LogP contribution in [0.4, 0.5) is 14.5 Å². The minimum atomic E-state index is -2.96. The summed E-state index contributed by atoms with van der Waals surface area (Å²) in [6, 6.07) is 19.8. The highest BCUT2D eigenvalue weighted by molar-refractivity contribution is 7.12. The van der Waals surface area contributed by atoms with E-state index in [-0.39, 0.29) is 10.6 Å². The number of amides is 1. The fourth-order valence-electron chi connectivity index (χ4n) is 3.84. The molecule has 2 heterocycles. The number of alkyl halides is 2. The lowest BCUT2D eigenvalue weighted by molar-refractivity contribution is -0.0498. The van der Waals surface area contributed by atoms with Crippen molar-refractivity contribution in [3.05, 3.63) is 82.0 Å². The van der Waals surface area contributed by atoms with Crippen molar-refractivity contribution < 1.29 is 18.3 Å². The van der Waals surface area contributed by atoms with E-state index in [1.807, 2.05) is 24.3 Å². The highest BCUT2D eigenvalue weighted by Gasteiger charge is 2.20. The number of carbonyl (C=O) groups excluding carboxylic acids is 1. The van der Waals surface area contributed by atoms with Crippen LogP contribution in [0.2, 0.25) is 0 Å². The lowest BCUT2D eigenvalue weighted by Gasteiger charge is -2.36. The Kier molecular flexibility index (Phi) is 7.34. The van der Waals surface area contributed by atoms with E-state index in [1.54, 1.807) is 5.38 Å². The molecule has 2 aromatic carbocycles. The van der Waals surface area contributed by atoms with Crippen LogP contribution in [0.5, 0.6) is 5.75 Å². The van der Waals surface area contributed by atoms with Crippen molar-refractivity contribution in [1.82, 2.24) is 10.2 Å². The molecule has 0 spiro atoms. The van der Waals surface area contributed by atoms with Crippen molar-refractivity contribution in [3.8, 4) is 5.75 Å². The van der Waals surface area contributed by atoms with Gasteiger partial charge in [0.15, 0.2) is 0 Å². The molecule has 0 radical (unpaired) electrons. The van der Waals surface area contributed by atoms with E-state index >= 15 is 0 Å². The number of thiophene rings is 1. The molecule has 1 saturated heterocycles. The molecule has 1 aromatic heterocycles. The standard InChI is InChI=1S/C24H25F2N3O2S/c25-24(26)31-21-10-15-32-22(21)23(30)27-16-18-6-4-5-7-19(18)17-28-11-13-29(14-12-28)20-8-2-1-3-9-20/h1-10,15,24H,11-14,16-17H2,(H,27,30). The second kappa shape index (κ2) is 10.6. The number of halogens is 2. The third-order valence-electron chi connectivity index (χ3n) is 5.50. The smallest absolute Gasteiger partial charge is 0.387 e. The maximum absolute atomic E-state index is 12.5. The molecule has 0 aliphatic carbocycles. The molecule has 0 unspecified atom stereocenters. The van der Waals surface area contributed by atoms with Crippen LogP contribution < -0.4 is 15.0 Å². The number of rotatable bonds is 8. The van der Waals surface area contributed by atoms with Gasteiger partial charge in [0.05, 0.1) is 0 Å². The quantitative estimate of drug-likeness (QED) is 0.537. The van der Waals surface area contributed by atoms with Crippen molar-refractivity contribution >= 4 is 22.9 Å². The average molecular weight is 458 g/mol. The number of hydrogen-bond donors (Lipinski definition) is 1. The number of para-hydroxylation sites is 1. The van der Waals surface area contributed by atoms with Crippen LogP contribution in [0.15, 0.2) is 66.0 Å². The van der Waals surface area contributed by atoms with Gasteiger partial charge in [-0.15, -0.1) is 11.3 Å². The Morgan fingerprint density at radius 2 is 1.66 bits per heavy atom. The van der Waals surface area contributed by atoms with Crippen LogP contribution in [0, 0.1) is 0 Å². The highest BCUT2D eigenvalue weighted by Crippen LogP contribution is 2.26. The molecule has 1 N–H and O–H groups in total. The number of hydrogen-bond acceptors (Lipinski definition) is 5. The van der Waals surface area contributed by atoms with Crippen LogP contribution in [-0.2, 0) is 13.1 Å². The van der Waals surface area contributed by atoms with Gasteiger partial charge >= 0.3 is 6.61 Å². The number of piperazine rings is 1. The first-order chi connectivity index (χ1) is 15.6. The van der Waals surface area contributed by atoms with E-state index in [4.69, 9.17) is 0 Å². The second-order valence-electron chi connectivity index (χ2n) is 7.54. The maximum Gasteiger partial charge on any atom is 0.387 e. The monoisotopic (exact) mass is 457 g/mol. The first-order valence-electron chi connectivity index (χ1n) is 10.5. The molecule has 168 valence electrons. The van der Waals surface area contributed by atoms with E-state index in [9.17, 15) is 13.6 Å². The molecule has 0 bridgehead atoms. The molecule has 4 rings (SSSR count). The minimum Gasteiger partial charge on any atom is -0.433 e. The average Bonchev–Trinajstić information content (AvgIpc) is 3.27. The van der Waals surface area contributed by atoms with Crippen molar-refractivity contribution in [3.63, 3.8) is 0 Å². The Bertz CT molecular complexity index is 1020. The molecule has 3 aromatic rings. The molecule has 8 heteroatoms. The van der Waals surface area contributed by atoms with Crippen molar-refractivity contribution in [2.75, 3.05) is 31.1 Å². The summed E-state index contributed by atoms with van der Waals surface area (Å²) in [6.07, 6.45) is 0. The first-order valence-corrected chi connectivity index (χ1v) is 11.4. The number of anilines is 1. The molecule has 0 atom stereocenters. The van der Waals surface area contributed by atoms with Gasteiger partial charge in [0.2, 0.25) is 0 Å². The number of benzene rings is 2. The summed E-state index contributed by atoms with van der Waals surface area (Å²) in [5, 5.41) is 4.41. The summed E-state index contributed by atoms with van der Waals surface area (Å²) in [4.78, 5) is 17.5. The van der Waals surface area contributed by atoms with Gasteiger partial charge in [-0.25, -0.2) is 0 Å². The molecule has 1 fully saturated rings.